The normalized spacial score (nSPS) is 29.0. The average Bonchev–Trinajstić information content (AvgIpc) is 3.17. The summed E-state index contributed by atoms with van der Waals surface area (Å²) < 4.78 is 0. The fourth-order valence-corrected chi connectivity index (χ4v) is 7.22. The topological polar surface area (TPSA) is 0 Å². The quantitative estimate of drug-likeness (QED) is 0.306. The van der Waals surface area contributed by atoms with E-state index < -0.39 is 20.8 Å². The average molecular weight is 516 g/mol. The van der Waals surface area contributed by atoms with Gasteiger partial charge in [-0.2, -0.15) is 6.07 Å². The predicted octanol–water partition coefficient (Wildman–Crippen LogP) is 8.63. The Balaban J connectivity index is 0.000000609. The number of halogens is 2. The van der Waals surface area contributed by atoms with Crippen molar-refractivity contribution in [3.05, 3.63) is 65.7 Å². The molecular formula is C27H29Cl2Zr-. The van der Waals surface area contributed by atoms with E-state index in [0.717, 1.165) is 24.2 Å². The van der Waals surface area contributed by atoms with Gasteiger partial charge in [0.1, 0.15) is 0 Å². The molecule has 3 aromatic rings. The van der Waals surface area contributed by atoms with E-state index in [1.54, 1.807) is 5.56 Å². The van der Waals surface area contributed by atoms with Crippen molar-refractivity contribution in [3.8, 4) is 11.1 Å². The first-order valence-corrected chi connectivity index (χ1v) is 17.7. The van der Waals surface area contributed by atoms with Crippen LogP contribution in [-0.2, 0) is 32.7 Å². The molecular weight excluding hydrogens is 486 g/mol. The van der Waals surface area contributed by atoms with E-state index in [1.165, 1.54) is 66.0 Å². The second-order valence-corrected chi connectivity index (χ2v) is 13.6. The van der Waals surface area contributed by atoms with Gasteiger partial charge in [0.15, 0.2) is 0 Å². The van der Waals surface area contributed by atoms with E-state index in [4.69, 9.17) is 17.0 Å². The summed E-state index contributed by atoms with van der Waals surface area (Å²) in [6, 6.07) is 21.3. The third-order valence-electron chi connectivity index (χ3n) is 8.07. The second-order valence-electron chi connectivity index (χ2n) is 9.87. The second kappa shape index (κ2) is 8.80. The van der Waals surface area contributed by atoms with Crippen LogP contribution >= 0.6 is 17.0 Å². The number of rotatable bonds is 3. The minimum absolute atomic E-state index is 0.509. The van der Waals surface area contributed by atoms with Gasteiger partial charge >= 0.3 is 37.9 Å². The molecule has 0 aliphatic heterocycles. The maximum absolute atomic E-state index is 4.93. The van der Waals surface area contributed by atoms with Gasteiger partial charge in [-0.3, -0.25) is 0 Å². The molecule has 3 aromatic carbocycles. The molecule has 0 unspecified atom stereocenters. The van der Waals surface area contributed by atoms with Crippen molar-refractivity contribution >= 4 is 27.8 Å². The molecule has 0 N–H and O–H groups in total. The number of hydrogen-bond acceptors (Lipinski definition) is 0. The van der Waals surface area contributed by atoms with Crippen molar-refractivity contribution in [2.45, 2.75) is 57.3 Å². The summed E-state index contributed by atoms with van der Waals surface area (Å²) in [6.45, 7) is 2.24. The van der Waals surface area contributed by atoms with E-state index >= 15 is 0 Å². The van der Waals surface area contributed by atoms with Crippen LogP contribution in [0, 0.1) is 17.8 Å². The molecule has 0 spiro atoms. The molecule has 7 rings (SSSR count). The van der Waals surface area contributed by atoms with Crippen molar-refractivity contribution < 1.29 is 20.8 Å². The summed E-state index contributed by atoms with van der Waals surface area (Å²) in [5.74, 6) is 3.05. The molecule has 0 radical (unpaired) electrons. The monoisotopic (exact) mass is 513 g/mol. The first-order valence-electron chi connectivity index (χ1n) is 11.4. The first-order chi connectivity index (χ1) is 14.6. The number of aryl methyl sites for hydroxylation is 1. The minimum atomic E-state index is -0.826. The Morgan fingerprint density at radius 1 is 0.933 bits per heavy atom. The van der Waals surface area contributed by atoms with Crippen LogP contribution in [0.2, 0.25) is 0 Å². The Hall–Kier alpha value is -0.487. The van der Waals surface area contributed by atoms with Gasteiger partial charge in [-0.15, -0.1) is 34.5 Å². The maximum atomic E-state index is 4.93. The van der Waals surface area contributed by atoms with E-state index in [2.05, 4.69) is 61.5 Å². The summed E-state index contributed by atoms with van der Waals surface area (Å²) >= 11 is -0.826. The summed E-state index contributed by atoms with van der Waals surface area (Å²) in [7, 11) is 9.87. The van der Waals surface area contributed by atoms with Crippen LogP contribution in [0.1, 0.15) is 56.6 Å². The van der Waals surface area contributed by atoms with Gasteiger partial charge in [-0.05, 0) is 79.2 Å². The number of fused-ring (bicyclic) bond motifs is 1. The van der Waals surface area contributed by atoms with Crippen LogP contribution in [0.3, 0.4) is 0 Å². The molecule has 0 aromatic heterocycles. The molecule has 4 aliphatic carbocycles. The standard InChI is InChI=1S/C27H29.2ClH.Zr/c1-2-18-13-23-4-3-5-25(26(23)14-18)22-6-8-24(9-7-22)27-15-19-10-20(16-27)12-21(11-19)17-27;;;/h3-9,13-14,19-21H,2,10-12,15-17H2,1H3;2*1H;/q-1;;;+2/p-2. The molecule has 0 heterocycles. The molecule has 0 amide bonds. The van der Waals surface area contributed by atoms with Crippen molar-refractivity contribution in [2.75, 3.05) is 0 Å². The van der Waals surface area contributed by atoms with Crippen molar-refractivity contribution in [2.24, 2.45) is 17.8 Å². The Morgan fingerprint density at radius 3 is 2.10 bits per heavy atom. The third kappa shape index (κ3) is 3.89. The van der Waals surface area contributed by atoms with Gasteiger partial charge in [-0.1, -0.05) is 42.8 Å². The number of benzene rings is 2. The number of hydrogen-bond donors (Lipinski definition) is 0. The Labute approximate surface area is 199 Å². The van der Waals surface area contributed by atoms with Crippen molar-refractivity contribution in [1.82, 2.24) is 0 Å². The van der Waals surface area contributed by atoms with E-state index in [0.29, 0.717) is 5.41 Å². The van der Waals surface area contributed by atoms with Gasteiger partial charge in [-0.25, -0.2) is 0 Å². The molecule has 0 nitrogen and oxygen atoms in total. The predicted molar refractivity (Wildman–Crippen MR) is 126 cm³/mol. The molecule has 4 aliphatic rings. The van der Waals surface area contributed by atoms with Gasteiger partial charge in [0, 0.05) is 0 Å². The molecule has 30 heavy (non-hydrogen) atoms. The summed E-state index contributed by atoms with van der Waals surface area (Å²) in [4.78, 5) is 0. The molecule has 3 heteroatoms. The molecule has 4 bridgehead atoms. The van der Waals surface area contributed by atoms with Crippen molar-refractivity contribution in [3.63, 3.8) is 0 Å². The zero-order valence-electron chi connectivity index (χ0n) is 17.6. The molecule has 0 saturated heterocycles. The first kappa shape index (κ1) is 21.4. The summed E-state index contributed by atoms with van der Waals surface area (Å²) in [5, 5.41) is 2.80. The van der Waals surface area contributed by atoms with Gasteiger partial charge in [0.25, 0.3) is 0 Å². The van der Waals surface area contributed by atoms with Gasteiger partial charge in [0.05, 0.1) is 0 Å². The van der Waals surface area contributed by atoms with E-state index in [-0.39, 0.29) is 0 Å². The molecule has 4 saturated carbocycles. The van der Waals surface area contributed by atoms with Crippen LogP contribution in [-0.4, -0.2) is 0 Å². The van der Waals surface area contributed by atoms with Crippen LogP contribution < -0.4 is 0 Å². The Morgan fingerprint density at radius 2 is 1.53 bits per heavy atom. The molecule has 4 fully saturated rings. The van der Waals surface area contributed by atoms with E-state index in [1.807, 2.05) is 0 Å². The third-order valence-corrected chi connectivity index (χ3v) is 8.07. The zero-order chi connectivity index (χ0) is 20.7. The SMILES string of the molecule is CCc1cc2c(-c3ccc(C45CC6CC(CC(C6)C4)C5)cc3)cccc2[cH-]1.[Cl][Zr][Cl]. The summed E-state index contributed by atoms with van der Waals surface area (Å²) in [5.41, 5.74) is 6.36. The van der Waals surface area contributed by atoms with Crippen molar-refractivity contribution in [1.29, 1.82) is 0 Å². The molecule has 0 atom stereocenters. The van der Waals surface area contributed by atoms with Gasteiger partial charge < -0.3 is 0 Å². The molecule has 156 valence electrons. The van der Waals surface area contributed by atoms with Gasteiger partial charge in [0.2, 0.25) is 0 Å². The Kier molecular flexibility index (Phi) is 6.27. The van der Waals surface area contributed by atoms with Crippen LogP contribution in [0.5, 0.6) is 0 Å². The zero-order valence-corrected chi connectivity index (χ0v) is 21.6. The van der Waals surface area contributed by atoms with E-state index in [9.17, 15) is 0 Å². The van der Waals surface area contributed by atoms with Crippen LogP contribution in [0.15, 0.2) is 54.6 Å². The summed E-state index contributed by atoms with van der Waals surface area (Å²) in [6.07, 6.45) is 10.0. The van der Waals surface area contributed by atoms with Crippen LogP contribution in [0.4, 0.5) is 0 Å². The Bertz CT molecular complexity index is 982. The fraction of sp³-hybridized carbons (Fsp3) is 0.444. The fourth-order valence-electron chi connectivity index (χ4n) is 7.22. The van der Waals surface area contributed by atoms with Crippen LogP contribution in [0.25, 0.3) is 21.9 Å².